The van der Waals surface area contributed by atoms with Crippen LogP contribution in [0, 0.1) is 0 Å². The van der Waals surface area contributed by atoms with Crippen molar-refractivity contribution in [1.29, 1.82) is 0 Å². The van der Waals surface area contributed by atoms with Gasteiger partial charge in [0, 0.05) is 5.54 Å². The van der Waals surface area contributed by atoms with E-state index in [1.807, 2.05) is 25.7 Å². The van der Waals surface area contributed by atoms with E-state index in [1.165, 1.54) is 0 Å². The van der Waals surface area contributed by atoms with Crippen LogP contribution in [0.4, 0.5) is 4.79 Å². The summed E-state index contributed by atoms with van der Waals surface area (Å²) in [6.07, 6.45) is -0.273. The first-order valence-electron chi connectivity index (χ1n) is 5.01. The van der Waals surface area contributed by atoms with Crippen molar-refractivity contribution in [2.24, 2.45) is 0 Å². The quantitative estimate of drug-likeness (QED) is 0.490. The Morgan fingerprint density at radius 3 is 2.60 bits per heavy atom. The summed E-state index contributed by atoms with van der Waals surface area (Å²) in [6, 6.07) is -0.743. The zero-order valence-electron chi connectivity index (χ0n) is 9.13. The Balaban J connectivity index is 2.22. The number of nitrogens with zero attached hydrogens (tertiary/aromatic N) is 1. The van der Waals surface area contributed by atoms with Gasteiger partial charge in [-0.2, -0.15) is 0 Å². The van der Waals surface area contributed by atoms with E-state index in [9.17, 15) is 9.59 Å². The van der Waals surface area contributed by atoms with Gasteiger partial charge in [-0.1, -0.05) is 0 Å². The fourth-order valence-corrected chi connectivity index (χ4v) is 2.03. The second kappa shape index (κ2) is 3.18. The Hall–Kier alpha value is -1.14. The van der Waals surface area contributed by atoms with Crippen LogP contribution in [0.1, 0.15) is 20.8 Å². The molecule has 84 valence electrons. The van der Waals surface area contributed by atoms with Gasteiger partial charge < -0.3 is 5.32 Å². The van der Waals surface area contributed by atoms with Crippen molar-refractivity contribution in [1.82, 2.24) is 20.9 Å². The monoisotopic (exact) mass is 212 g/mol. The molecule has 2 atom stereocenters. The molecule has 2 aliphatic rings. The third kappa shape index (κ3) is 1.70. The molecule has 0 aromatic rings. The molecule has 6 nitrogen and oxygen atoms in total. The number of fused-ring (bicyclic) bond motifs is 1. The average molecular weight is 212 g/mol. The number of amides is 3. The average Bonchev–Trinajstić information content (AvgIpc) is 2.45. The molecule has 2 fully saturated rings. The highest BCUT2D eigenvalue weighted by Crippen LogP contribution is 2.23. The SMILES string of the molecule is CC(C)(C)N1CNC2NC(=O)NC(=O)C21. The number of carbonyl (C=O) groups excluding carboxylic acids is 2. The molecular weight excluding hydrogens is 196 g/mol. The maximum atomic E-state index is 11.7. The van der Waals surface area contributed by atoms with Crippen LogP contribution in [0.25, 0.3) is 0 Å². The normalized spacial score (nSPS) is 32.2. The minimum atomic E-state index is -0.426. The van der Waals surface area contributed by atoms with E-state index in [4.69, 9.17) is 0 Å². The molecule has 2 aliphatic heterocycles. The van der Waals surface area contributed by atoms with Gasteiger partial charge in [0.15, 0.2) is 0 Å². The predicted octanol–water partition coefficient (Wildman–Crippen LogP) is -0.818. The molecule has 0 bridgehead atoms. The summed E-state index contributed by atoms with van der Waals surface area (Å²) in [5, 5.41) is 8.08. The van der Waals surface area contributed by atoms with Crippen molar-refractivity contribution in [3.63, 3.8) is 0 Å². The molecule has 2 saturated heterocycles. The number of hydrogen-bond acceptors (Lipinski definition) is 4. The molecule has 15 heavy (non-hydrogen) atoms. The maximum absolute atomic E-state index is 11.7. The summed E-state index contributed by atoms with van der Waals surface area (Å²) in [6.45, 7) is 6.73. The fraction of sp³-hybridized carbons (Fsp3) is 0.778. The first-order valence-corrected chi connectivity index (χ1v) is 5.01. The number of carbonyl (C=O) groups is 2. The molecule has 6 heteroatoms. The molecule has 0 aromatic heterocycles. The van der Waals surface area contributed by atoms with E-state index in [-0.39, 0.29) is 23.7 Å². The summed E-state index contributed by atoms with van der Waals surface area (Å²) in [4.78, 5) is 24.8. The number of nitrogens with one attached hydrogen (secondary N) is 3. The van der Waals surface area contributed by atoms with Crippen molar-refractivity contribution >= 4 is 11.9 Å². The molecule has 3 amide bonds. The highest BCUT2D eigenvalue weighted by Gasteiger charge is 2.47. The van der Waals surface area contributed by atoms with Crippen LogP contribution in [0.2, 0.25) is 0 Å². The molecule has 0 radical (unpaired) electrons. The van der Waals surface area contributed by atoms with Crippen LogP contribution < -0.4 is 16.0 Å². The number of urea groups is 1. The number of imide groups is 1. The van der Waals surface area contributed by atoms with E-state index in [1.54, 1.807) is 0 Å². The fourth-order valence-electron chi connectivity index (χ4n) is 2.03. The van der Waals surface area contributed by atoms with Gasteiger partial charge in [-0.25, -0.2) is 4.79 Å². The molecule has 0 aliphatic carbocycles. The summed E-state index contributed by atoms with van der Waals surface area (Å²) < 4.78 is 0. The Kier molecular flexibility index (Phi) is 2.20. The lowest BCUT2D eigenvalue weighted by atomic mass is 10.0. The van der Waals surface area contributed by atoms with E-state index in [0.717, 1.165) is 0 Å². The van der Waals surface area contributed by atoms with Gasteiger partial charge in [0.05, 0.1) is 6.67 Å². The first kappa shape index (κ1) is 10.4. The molecule has 0 spiro atoms. The van der Waals surface area contributed by atoms with Crippen LogP contribution in [0.15, 0.2) is 0 Å². The molecule has 2 heterocycles. The predicted molar refractivity (Wildman–Crippen MR) is 53.8 cm³/mol. The Bertz CT molecular complexity index is 310. The van der Waals surface area contributed by atoms with Crippen molar-refractivity contribution in [3.05, 3.63) is 0 Å². The zero-order chi connectivity index (χ0) is 11.2. The van der Waals surface area contributed by atoms with Gasteiger partial charge in [0.2, 0.25) is 5.91 Å². The van der Waals surface area contributed by atoms with Crippen LogP contribution in [-0.2, 0) is 4.79 Å². The Morgan fingerprint density at radius 1 is 1.33 bits per heavy atom. The molecular formula is C9H16N4O2. The molecule has 0 aromatic carbocycles. The largest absolute Gasteiger partial charge is 0.322 e. The second-order valence-electron chi connectivity index (χ2n) is 4.89. The second-order valence-corrected chi connectivity index (χ2v) is 4.89. The van der Waals surface area contributed by atoms with Crippen LogP contribution in [0.3, 0.4) is 0 Å². The van der Waals surface area contributed by atoms with Crippen LogP contribution >= 0.6 is 0 Å². The van der Waals surface area contributed by atoms with Crippen molar-refractivity contribution in [2.75, 3.05) is 6.67 Å². The molecule has 2 rings (SSSR count). The van der Waals surface area contributed by atoms with E-state index in [0.29, 0.717) is 6.67 Å². The van der Waals surface area contributed by atoms with Crippen molar-refractivity contribution < 1.29 is 9.59 Å². The number of rotatable bonds is 0. The lowest BCUT2D eigenvalue weighted by Crippen LogP contribution is -2.66. The van der Waals surface area contributed by atoms with Crippen molar-refractivity contribution in [2.45, 2.75) is 38.5 Å². The summed E-state index contributed by atoms with van der Waals surface area (Å²) >= 11 is 0. The van der Waals surface area contributed by atoms with E-state index >= 15 is 0 Å². The Labute approximate surface area is 88.4 Å². The van der Waals surface area contributed by atoms with E-state index < -0.39 is 6.03 Å². The summed E-state index contributed by atoms with van der Waals surface area (Å²) in [5.74, 6) is -0.233. The van der Waals surface area contributed by atoms with E-state index in [2.05, 4.69) is 16.0 Å². The third-order valence-corrected chi connectivity index (χ3v) is 2.79. The first-order chi connectivity index (χ1) is 6.89. The smallest absolute Gasteiger partial charge is 0.320 e. The topological polar surface area (TPSA) is 73.5 Å². The van der Waals surface area contributed by atoms with Gasteiger partial charge in [-0.05, 0) is 20.8 Å². The van der Waals surface area contributed by atoms with Gasteiger partial charge in [0.1, 0.15) is 12.2 Å². The van der Waals surface area contributed by atoms with Gasteiger partial charge in [0.25, 0.3) is 0 Å². The minimum absolute atomic E-state index is 0.105. The Morgan fingerprint density at radius 2 is 2.00 bits per heavy atom. The van der Waals surface area contributed by atoms with Gasteiger partial charge in [-0.3, -0.25) is 20.3 Å². The standard InChI is InChI=1S/C9H16N4O2/c1-9(2,3)13-4-10-6-5(13)7(14)12-8(15)11-6/h5-6,10H,4H2,1-3H3,(H2,11,12,14,15). The summed E-state index contributed by atoms with van der Waals surface area (Å²) in [7, 11) is 0. The minimum Gasteiger partial charge on any atom is -0.320 e. The lowest BCUT2D eigenvalue weighted by Gasteiger charge is -2.37. The van der Waals surface area contributed by atoms with Crippen molar-refractivity contribution in [3.8, 4) is 0 Å². The highest BCUT2D eigenvalue weighted by atomic mass is 16.2. The van der Waals surface area contributed by atoms with Crippen LogP contribution in [-0.4, -0.2) is 41.3 Å². The molecule has 2 unspecified atom stereocenters. The zero-order valence-corrected chi connectivity index (χ0v) is 9.13. The molecule has 3 N–H and O–H groups in total. The maximum Gasteiger partial charge on any atom is 0.322 e. The number of hydrogen-bond donors (Lipinski definition) is 3. The highest BCUT2D eigenvalue weighted by molar-refractivity contribution is 6.00. The lowest BCUT2D eigenvalue weighted by molar-refractivity contribution is -0.127. The van der Waals surface area contributed by atoms with Crippen LogP contribution in [0.5, 0.6) is 0 Å². The summed E-state index contributed by atoms with van der Waals surface area (Å²) in [5.41, 5.74) is -0.105. The van der Waals surface area contributed by atoms with Gasteiger partial charge in [-0.15, -0.1) is 0 Å². The molecule has 0 saturated carbocycles. The third-order valence-electron chi connectivity index (χ3n) is 2.79. The van der Waals surface area contributed by atoms with Gasteiger partial charge >= 0.3 is 6.03 Å².